The number of carbonyl (C=O) groups is 4. The first kappa shape index (κ1) is 40.8. The smallest absolute Gasteiger partial charge is 0.272 e. The molecule has 3 amide bonds. The number of hydrogen-bond donors (Lipinski definition) is 2. The summed E-state index contributed by atoms with van der Waals surface area (Å²) in [6, 6.07) is 5.06. The minimum Gasteiger partial charge on any atom is -0.496 e. The van der Waals surface area contributed by atoms with Gasteiger partial charge in [-0.3, -0.25) is 28.6 Å². The molecule has 0 spiro atoms. The minimum atomic E-state index is -3.96. The summed E-state index contributed by atoms with van der Waals surface area (Å²) in [5.41, 5.74) is 0.331. The first-order valence-corrected chi connectivity index (χ1v) is 22.4. The number of aromatic nitrogens is 3. The Balaban J connectivity index is 1.13. The number of ketones is 1. The predicted molar refractivity (Wildman–Crippen MR) is 217 cm³/mol. The van der Waals surface area contributed by atoms with E-state index in [1.165, 1.54) is 9.58 Å². The van der Waals surface area contributed by atoms with Crippen molar-refractivity contribution in [1.82, 2.24) is 29.7 Å². The van der Waals surface area contributed by atoms with Crippen molar-refractivity contribution in [3.8, 4) is 17.4 Å². The summed E-state index contributed by atoms with van der Waals surface area (Å²) in [4.78, 5) is 63.4. The summed E-state index contributed by atoms with van der Waals surface area (Å²) in [6.07, 6.45) is 12.2. The van der Waals surface area contributed by atoms with Crippen LogP contribution in [-0.4, -0.2) is 94.3 Å². The molecule has 0 unspecified atom stereocenters. The Morgan fingerprint density at radius 2 is 1.78 bits per heavy atom. The van der Waals surface area contributed by atoms with E-state index in [1.807, 2.05) is 31.2 Å². The molecule has 3 aliphatic carbocycles. The van der Waals surface area contributed by atoms with E-state index in [4.69, 9.17) is 19.2 Å². The summed E-state index contributed by atoms with van der Waals surface area (Å²) in [7, 11) is -0.666. The number of methoxy groups -OCH3 is 1. The van der Waals surface area contributed by atoms with Crippen LogP contribution >= 0.6 is 0 Å². The number of pyridine rings is 1. The fourth-order valence-corrected chi connectivity index (χ4v) is 9.96. The first-order valence-electron chi connectivity index (χ1n) is 20.9. The number of rotatable bonds is 10. The standard InChI is InChI=1S/C43H54N6O9S/c1-26-35(56-4)16-15-30-36(22-37(45-38(26)30)58-28-12-10-13-28)57-29-21-33-34(50)24-43(41(53)47-59(54,55)42(2)18-19-42)23-27(43)11-8-6-5-7-9-14-32(40(52)49(33)25-29)44-39(51)31-17-20-48(3)46-31/h8,11,15-17,20,22,27-29,32-33H,5-7,9-10,12-14,18-19,21,23-25H2,1-4H3,(H,44,51)(H,47,53)/b11-8-/t27-,29+,32-,33-,43+/m0/s1. The average molecular weight is 831 g/mol. The molecule has 2 aliphatic heterocycles. The van der Waals surface area contributed by atoms with Gasteiger partial charge in [0.05, 0.1) is 35.4 Å². The van der Waals surface area contributed by atoms with Gasteiger partial charge in [0.25, 0.3) is 5.91 Å². The van der Waals surface area contributed by atoms with Gasteiger partial charge in [0, 0.05) is 43.1 Å². The van der Waals surface area contributed by atoms with E-state index >= 15 is 0 Å². The number of fused-ring (bicyclic) bond motifs is 3. The van der Waals surface area contributed by atoms with E-state index in [1.54, 1.807) is 39.4 Å². The van der Waals surface area contributed by atoms with Crippen molar-refractivity contribution in [3.05, 3.63) is 53.9 Å². The predicted octanol–water partition coefficient (Wildman–Crippen LogP) is 4.85. The number of Topliss-reactive ketones (excluding diaryl/α,β-unsaturated/α-hetero) is 1. The summed E-state index contributed by atoms with van der Waals surface area (Å²) < 4.78 is 48.0. The van der Waals surface area contributed by atoms with Crippen LogP contribution in [0.25, 0.3) is 10.9 Å². The lowest BCUT2D eigenvalue weighted by Gasteiger charge is -2.29. The maximum atomic E-state index is 14.8. The van der Waals surface area contributed by atoms with Gasteiger partial charge in [-0.25, -0.2) is 13.4 Å². The highest BCUT2D eigenvalue weighted by Gasteiger charge is 2.62. The van der Waals surface area contributed by atoms with Crippen molar-refractivity contribution < 1.29 is 41.8 Å². The maximum absolute atomic E-state index is 14.8. The molecule has 15 nitrogen and oxygen atoms in total. The molecule has 5 atom stereocenters. The Hall–Kier alpha value is -4.99. The van der Waals surface area contributed by atoms with E-state index in [0.29, 0.717) is 66.8 Å². The third kappa shape index (κ3) is 8.16. The zero-order valence-corrected chi connectivity index (χ0v) is 35.0. The molecular formula is C43H54N6O9S. The second-order valence-corrected chi connectivity index (χ2v) is 19.6. The molecule has 4 heterocycles. The molecule has 8 rings (SSSR count). The highest BCUT2D eigenvalue weighted by molar-refractivity contribution is 7.91. The molecule has 59 heavy (non-hydrogen) atoms. The van der Waals surface area contributed by atoms with Gasteiger partial charge in [0.2, 0.25) is 27.7 Å². The molecular weight excluding hydrogens is 777 g/mol. The molecule has 0 bridgehead atoms. The van der Waals surface area contributed by atoms with Crippen molar-refractivity contribution in [3.63, 3.8) is 0 Å². The number of aryl methyl sites for hydroxylation is 2. The molecule has 2 N–H and O–H groups in total. The first-order chi connectivity index (χ1) is 28.2. The molecule has 0 radical (unpaired) electrons. The summed E-state index contributed by atoms with van der Waals surface area (Å²) >= 11 is 0. The van der Waals surface area contributed by atoms with Crippen LogP contribution in [-0.2, 0) is 31.5 Å². The lowest BCUT2D eigenvalue weighted by molar-refractivity contribution is -0.140. The molecule has 3 aromatic rings. The average Bonchev–Trinajstić information content (AvgIpc) is 3.99. The number of nitrogens with one attached hydrogen (secondary N) is 2. The Labute approximate surface area is 344 Å². The number of sulfonamides is 1. The molecule has 4 fully saturated rings. The normalized spacial score (nSPS) is 27.6. The van der Waals surface area contributed by atoms with Crippen LogP contribution in [0.1, 0.15) is 106 Å². The van der Waals surface area contributed by atoms with Crippen LogP contribution in [0.15, 0.2) is 42.6 Å². The van der Waals surface area contributed by atoms with Crippen LogP contribution in [0, 0.1) is 18.3 Å². The third-order valence-corrected chi connectivity index (χ3v) is 15.2. The molecule has 5 aliphatic rings. The van der Waals surface area contributed by atoms with E-state index in [2.05, 4.69) is 15.1 Å². The highest BCUT2D eigenvalue weighted by Crippen LogP contribution is 2.57. The van der Waals surface area contributed by atoms with Crippen molar-refractivity contribution in [2.45, 2.75) is 126 Å². The van der Waals surface area contributed by atoms with Crippen molar-refractivity contribution in [1.29, 1.82) is 0 Å². The zero-order valence-electron chi connectivity index (χ0n) is 34.2. The van der Waals surface area contributed by atoms with Gasteiger partial charge in [0.15, 0.2) is 5.78 Å². The van der Waals surface area contributed by atoms with E-state index < -0.39 is 56.1 Å². The second kappa shape index (κ2) is 15.9. The quantitative estimate of drug-likeness (QED) is 0.266. The fourth-order valence-electron chi connectivity index (χ4n) is 8.63. The van der Waals surface area contributed by atoms with Crippen LogP contribution < -0.4 is 24.2 Å². The van der Waals surface area contributed by atoms with E-state index in [0.717, 1.165) is 37.7 Å². The van der Waals surface area contributed by atoms with Gasteiger partial charge < -0.3 is 24.4 Å². The van der Waals surface area contributed by atoms with E-state index in [9.17, 15) is 27.6 Å². The van der Waals surface area contributed by atoms with Crippen LogP contribution in [0.3, 0.4) is 0 Å². The lowest BCUT2D eigenvalue weighted by atomic mass is 9.91. The molecule has 1 saturated heterocycles. The van der Waals surface area contributed by atoms with Crippen LogP contribution in [0.2, 0.25) is 0 Å². The number of amides is 3. The summed E-state index contributed by atoms with van der Waals surface area (Å²) in [5.74, 6) is -0.792. The van der Waals surface area contributed by atoms with Crippen LogP contribution in [0.4, 0.5) is 0 Å². The Bertz CT molecular complexity index is 2300. The van der Waals surface area contributed by atoms with Gasteiger partial charge in [-0.2, -0.15) is 5.10 Å². The minimum absolute atomic E-state index is 0.0260. The Morgan fingerprint density at radius 1 is 0.983 bits per heavy atom. The molecule has 1 aromatic carbocycles. The second-order valence-electron chi connectivity index (χ2n) is 17.4. The third-order valence-electron chi connectivity index (χ3n) is 13.1. The number of ether oxygens (including phenoxy) is 3. The molecule has 2 aromatic heterocycles. The topological polar surface area (TPSA) is 188 Å². The monoisotopic (exact) mass is 830 g/mol. The Morgan fingerprint density at radius 3 is 2.47 bits per heavy atom. The van der Waals surface area contributed by atoms with Gasteiger partial charge in [-0.1, -0.05) is 25.0 Å². The van der Waals surface area contributed by atoms with Crippen molar-refractivity contribution in [2.75, 3.05) is 13.7 Å². The summed E-state index contributed by atoms with van der Waals surface area (Å²) in [6.45, 7) is 3.55. The molecule has 316 valence electrons. The van der Waals surface area contributed by atoms with Crippen LogP contribution in [0.5, 0.6) is 17.4 Å². The van der Waals surface area contributed by atoms with Crippen molar-refractivity contribution >= 4 is 44.4 Å². The van der Waals surface area contributed by atoms with Gasteiger partial charge in [-0.05, 0) is 95.8 Å². The largest absolute Gasteiger partial charge is 0.496 e. The SMILES string of the molecule is COc1ccc2c(O[C@@H]3C[C@H]4C(=O)C[C@]5(C(=O)NS(=O)(=O)C6(C)CC6)C[C@@H]5/C=C\CCCCC[C@H](NC(=O)c5ccn(C)n5)C(=O)N4C3)cc(OC3CCC3)nc2c1C. The number of hydrogen-bond acceptors (Lipinski definition) is 11. The van der Waals surface area contributed by atoms with Gasteiger partial charge in [-0.15, -0.1) is 0 Å². The number of carbonyl (C=O) groups excluding carboxylic acids is 4. The number of allylic oxidation sites excluding steroid dienone is 2. The fraction of sp³-hybridized carbons (Fsp3) is 0.581. The highest BCUT2D eigenvalue weighted by atomic mass is 32.2. The number of benzene rings is 1. The molecule has 16 heteroatoms. The van der Waals surface area contributed by atoms with Gasteiger partial charge >= 0.3 is 0 Å². The van der Waals surface area contributed by atoms with Crippen molar-refractivity contribution in [2.24, 2.45) is 18.4 Å². The molecule has 3 saturated carbocycles. The summed E-state index contributed by atoms with van der Waals surface area (Å²) in [5, 5.41) is 7.84. The van der Waals surface area contributed by atoms with E-state index in [-0.39, 0.29) is 42.9 Å². The Kier molecular flexibility index (Phi) is 11.0. The zero-order chi connectivity index (χ0) is 41.7. The maximum Gasteiger partial charge on any atom is 0.272 e. The van der Waals surface area contributed by atoms with Gasteiger partial charge in [0.1, 0.15) is 35.4 Å². The number of nitrogens with zero attached hydrogens (tertiary/aromatic N) is 4. The lowest BCUT2D eigenvalue weighted by Crippen LogP contribution is -2.52.